The second-order valence-electron chi connectivity index (χ2n) is 20.7. The fourth-order valence-electron chi connectivity index (χ4n) is 8.93. The molecule has 0 aromatic heterocycles. The number of carbonyl (C=O) groups is 8. The number of carbonyl (C=O) groups excluding carboxylic acids is 8. The Morgan fingerprint density at radius 3 is 0.710 bits per heavy atom. The van der Waals surface area contributed by atoms with Gasteiger partial charge < -0.3 is 150 Å². The van der Waals surface area contributed by atoms with E-state index in [0.29, 0.717) is 97.1 Å². The van der Waals surface area contributed by atoms with Crippen molar-refractivity contribution in [2.45, 2.75) is 30.7 Å². The van der Waals surface area contributed by atoms with Crippen molar-refractivity contribution in [2.75, 3.05) is 6.61 Å². The molecule has 0 saturated carbocycles. The van der Waals surface area contributed by atoms with Gasteiger partial charge in [0.2, 0.25) is 23.0 Å². The van der Waals surface area contributed by atoms with Crippen LogP contribution in [-0.4, -0.2) is 192 Å². The third-order valence-electron chi connectivity index (χ3n) is 13.9. The minimum atomic E-state index is -2.84. The van der Waals surface area contributed by atoms with Crippen LogP contribution in [0.5, 0.6) is 138 Å². The number of phenolic OH excluding ortho intramolecular Hbond substituents is 20. The van der Waals surface area contributed by atoms with Crippen LogP contribution in [0.1, 0.15) is 82.9 Å². The van der Waals surface area contributed by atoms with E-state index in [9.17, 15) is 146 Å². The van der Waals surface area contributed by atoms with E-state index in [0.717, 1.165) is 0 Å². The van der Waals surface area contributed by atoms with Crippen LogP contribution >= 0.6 is 0 Å². The van der Waals surface area contributed by atoms with Gasteiger partial charge in [-0.05, 0) is 97.1 Å². The number of aliphatic hydroxyl groups excluding tert-OH is 1. The fraction of sp³-hybridized carbons (Fsp3) is 0.0968. The summed E-state index contributed by atoms with van der Waals surface area (Å²) in [6.07, 6.45) is -13.5. The van der Waals surface area contributed by atoms with Crippen molar-refractivity contribution >= 4 is 47.8 Å². The molecule has 5 atom stereocenters. The Bertz CT molecular complexity index is 4650. The summed E-state index contributed by atoms with van der Waals surface area (Å²) in [7, 11) is 0. The Morgan fingerprint density at radius 1 is 0.260 bits per heavy atom. The van der Waals surface area contributed by atoms with Gasteiger partial charge in [0.1, 0.15) is 12.7 Å². The molecule has 0 bridgehead atoms. The highest BCUT2D eigenvalue weighted by Crippen LogP contribution is 2.46. The Balaban J connectivity index is 1.13. The van der Waals surface area contributed by atoms with E-state index in [1.54, 1.807) is 0 Å². The first-order chi connectivity index (χ1) is 47.0. The lowest BCUT2D eigenvalue weighted by molar-refractivity contribution is -0.284. The molecule has 0 amide bonds. The number of benzene rings is 8. The molecular formula is C62H44O38. The molecule has 1 saturated heterocycles. The average Bonchev–Trinajstić information content (AvgIpc) is 0.779. The third-order valence-corrected chi connectivity index (χ3v) is 13.9. The molecule has 1 aliphatic heterocycles. The lowest BCUT2D eigenvalue weighted by Crippen LogP contribution is -2.62. The van der Waals surface area contributed by atoms with E-state index in [1.807, 2.05) is 0 Å². The predicted octanol–water partition coefficient (Wildman–Crippen LogP) is 3.23. The highest BCUT2D eigenvalue weighted by molar-refractivity contribution is 5.99. The number of rotatable bonds is 17. The largest absolute Gasteiger partial charge is 0.504 e. The van der Waals surface area contributed by atoms with Gasteiger partial charge in [-0.3, -0.25) is 0 Å². The van der Waals surface area contributed by atoms with E-state index >= 15 is 0 Å². The summed E-state index contributed by atoms with van der Waals surface area (Å²) < 4.78 is 48.2. The van der Waals surface area contributed by atoms with E-state index in [-0.39, 0.29) is 0 Å². The first-order valence-corrected chi connectivity index (χ1v) is 27.3. The maximum absolute atomic E-state index is 14.6. The van der Waals surface area contributed by atoms with Gasteiger partial charge in [-0.2, -0.15) is 0 Å². The topological polar surface area (TPSA) is 644 Å². The quantitative estimate of drug-likeness (QED) is 0.0269. The molecule has 1 heterocycles. The zero-order chi connectivity index (χ0) is 73.4. The smallest absolute Gasteiger partial charge is 0.343 e. The summed E-state index contributed by atoms with van der Waals surface area (Å²) in [5.41, 5.74) is -6.92. The first kappa shape index (κ1) is 69.8. The second-order valence-corrected chi connectivity index (χ2v) is 20.7. The van der Waals surface area contributed by atoms with Crippen LogP contribution in [0.4, 0.5) is 0 Å². The Morgan fingerprint density at radius 2 is 0.460 bits per heavy atom. The van der Waals surface area contributed by atoms with Crippen LogP contribution in [0, 0.1) is 0 Å². The van der Waals surface area contributed by atoms with E-state index in [4.69, 9.17) is 42.6 Å². The average molecular weight is 1400 g/mol. The molecule has 9 rings (SSSR count). The summed E-state index contributed by atoms with van der Waals surface area (Å²) in [4.78, 5) is 110. The molecule has 1 fully saturated rings. The van der Waals surface area contributed by atoms with Crippen molar-refractivity contribution in [3.8, 4) is 138 Å². The monoisotopic (exact) mass is 1400 g/mol. The standard InChI is InChI=1S/C62H44O38/c63-26-1-18(2-27(64)43(26)75)55(84)93-38-13-22(9-34(71)47(38)79)54(83)92-17-42-51(98-59(88)23-10-35(72)48(80)39(14-23)94-56(85)19-3-28(65)44(76)29(66)4-19)52(99-60(89)24-11-36(73)49(81)40(15-24)95-57(86)20-5-30(67)45(77)31(68)6-20)53(62(91)97-42)100-61(90)25-12-37(74)50(82)41(16-25)96-58(87)21-7-32(69)46(78)33(70)8-21/h1-16,42,51-53,62-82,91H,17H2/t42-,51-,52+,53-,62-/m1/s1. The van der Waals surface area contributed by atoms with Gasteiger partial charge in [-0.25, -0.2) is 38.4 Å². The molecular weight excluding hydrogens is 1350 g/mol. The van der Waals surface area contributed by atoms with Crippen molar-refractivity contribution in [1.82, 2.24) is 0 Å². The van der Waals surface area contributed by atoms with Crippen LogP contribution in [0.15, 0.2) is 97.1 Å². The lowest BCUT2D eigenvalue weighted by atomic mass is 9.97. The third kappa shape index (κ3) is 14.4. The normalized spacial score (nSPS) is 15.5. The number of hydrogen-bond acceptors (Lipinski definition) is 38. The molecule has 100 heavy (non-hydrogen) atoms. The van der Waals surface area contributed by atoms with Gasteiger partial charge in [-0.1, -0.05) is 0 Å². The van der Waals surface area contributed by atoms with Gasteiger partial charge in [-0.15, -0.1) is 0 Å². The van der Waals surface area contributed by atoms with Crippen molar-refractivity contribution in [1.29, 1.82) is 0 Å². The van der Waals surface area contributed by atoms with Crippen LogP contribution in [0.2, 0.25) is 0 Å². The maximum Gasteiger partial charge on any atom is 0.343 e. The summed E-state index contributed by atoms with van der Waals surface area (Å²) in [6.45, 7) is -1.46. The number of hydrogen-bond donors (Lipinski definition) is 21. The number of aromatic hydroxyl groups is 20. The van der Waals surface area contributed by atoms with Gasteiger partial charge >= 0.3 is 47.8 Å². The second kappa shape index (κ2) is 27.4. The predicted molar refractivity (Wildman–Crippen MR) is 313 cm³/mol. The Hall–Kier alpha value is -14.6. The molecule has 8 aromatic rings. The van der Waals surface area contributed by atoms with Gasteiger partial charge in [0.25, 0.3) is 0 Å². The molecule has 0 spiro atoms. The molecule has 8 aromatic carbocycles. The molecule has 0 aliphatic carbocycles. The van der Waals surface area contributed by atoms with Gasteiger partial charge in [0.05, 0.1) is 44.5 Å². The van der Waals surface area contributed by atoms with Crippen molar-refractivity contribution in [2.24, 2.45) is 0 Å². The zero-order valence-electron chi connectivity index (χ0n) is 49.2. The summed E-state index contributed by atoms with van der Waals surface area (Å²) in [5.74, 6) is -41.4. The highest BCUT2D eigenvalue weighted by atomic mass is 16.7. The fourth-order valence-corrected chi connectivity index (χ4v) is 8.93. The molecule has 520 valence electrons. The molecule has 38 heteroatoms. The van der Waals surface area contributed by atoms with Crippen molar-refractivity contribution < 1.29 is 188 Å². The van der Waals surface area contributed by atoms with Crippen LogP contribution < -0.4 is 18.9 Å². The molecule has 21 N–H and O–H groups in total. The lowest BCUT2D eigenvalue weighted by Gasteiger charge is -2.42. The van der Waals surface area contributed by atoms with Crippen molar-refractivity contribution in [3.63, 3.8) is 0 Å². The number of ether oxygens (including phenoxy) is 9. The van der Waals surface area contributed by atoms with Crippen LogP contribution in [-0.2, 0) is 23.7 Å². The minimum absolute atomic E-state index is 0.396. The molecule has 38 nitrogen and oxygen atoms in total. The molecule has 1 aliphatic rings. The van der Waals surface area contributed by atoms with Gasteiger partial charge in [0, 0.05) is 0 Å². The van der Waals surface area contributed by atoms with Gasteiger partial charge in [0.15, 0.2) is 140 Å². The number of phenols is 20. The molecule has 0 unspecified atom stereocenters. The summed E-state index contributed by atoms with van der Waals surface area (Å²) in [6, 6.07) is 8.12. The van der Waals surface area contributed by atoms with Crippen molar-refractivity contribution in [3.05, 3.63) is 142 Å². The van der Waals surface area contributed by atoms with E-state index in [1.165, 1.54) is 0 Å². The summed E-state index contributed by atoms with van der Waals surface area (Å²) in [5, 5.41) is 217. The highest BCUT2D eigenvalue weighted by Gasteiger charge is 2.53. The maximum atomic E-state index is 14.6. The Kier molecular flexibility index (Phi) is 19.1. The number of esters is 8. The number of aliphatic hydroxyl groups is 1. The minimum Gasteiger partial charge on any atom is -0.504 e. The zero-order valence-corrected chi connectivity index (χ0v) is 49.2. The Labute approximate surface area is 551 Å². The SMILES string of the molecule is O=C(OC[C@H]1O[C@@H](O)[C@H](OC(=O)c2cc(O)c(O)c(OC(=O)c3cc(O)c(O)c(O)c3)c2)[C@@H](OC(=O)c2cc(O)c(O)c(OC(=O)c3cc(O)c(O)c(O)c3)c2)[C@@H]1OC(=O)c1cc(O)c(O)c(OC(=O)c2cc(O)c(O)c(O)c2)c1)c1cc(O)c(O)c(OC(=O)c2cc(O)c(O)c(O)c2)c1. The van der Waals surface area contributed by atoms with Crippen LogP contribution in [0.25, 0.3) is 0 Å². The van der Waals surface area contributed by atoms with E-state index < -0.39 is 268 Å². The first-order valence-electron chi connectivity index (χ1n) is 27.3. The van der Waals surface area contributed by atoms with E-state index in [2.05, 4.69) is 0 Å². The summed E-state index contributed by atoms with van der Waals surface area (Å²) >= 11 is 0. The van der Waals surface area contributed by atoms with Crippen LogP contribution in [0.3, 0.4) is 0 Å². The molecule has 0 radical (unpaired) electrons.